The highest BCUT2D eigenvalue weighted by molar-refractivity contribution is 14.0. The Balaban J connectivity index is 0.00000364. The molecule has 0 saturated carbocycles. The molecule has 0 aliphatic heterocycles. The molecule has 2 N–H and O–H groups in total. The van der Waals surface area contributed by atoms with Gasteiger partial charge in [0.15, 0.2) is 5.96 Å². The number of nitrogens with one attached hydrogen (secondary N) is 2. The van der Waals surface area contributed by atoms with Crippen molar-refractivity contribution < 1.29 is 17.6 Å². The van der Waals surface area contributed by atoms with E-state index in [0.717, 1.165) is 22.8 Å². The summed E-state index contributed by atoms with van der Waals surface area (Å²) in [5.74, 6) is -0.256. The summed E-state index contributed by atoms with van der Waals surface area (Å²) < 4.78 is 52.2. The van der Waals surface area contributed by atoms with E-state index in [1.807, 2.05) is 19.2 Å². The van der Waals surface area contributed by atoms with Gasteiger partial charge in [0, 0.05) is 19.0 Å². The monoisotopic (exact) mass is 516 g/mol. The van der Waals surface area contributed by atoms with E-state index in [0.29, 0.717) is 24.5 Å². The van der Waals surface area contributed by atoms with Crippen molar-refractivity contribution in [2.45, 2.75) is 39.0 Å². The minimum Gasteiger partial charge on any atom is -0.352 e. The molecule has 1 heterocycles. The van der Waals surface area contributed by atoms with Crippen LogP contribution in [0.3, 0.4) is 0 Å². The number of nitrogens with zero attached hydrogens (tertiary/aromatic N) is 2. The Kier molecular flexibility index (Phi) is 8.92. The van der Waals surface area contributed by atoms with Crippen molar-refractivity contribution in [2.75, 3.05) is 7.05 Å². The second-order valence-corrected chi connectivity index (χ2v) is 6.84. The van der Waals surface area contributed by atoms with Crippen LogP contribution in [0.5, 0.6) is 0 Å². The first-order valence-corrected chi connectivity index (χ1v) is 8.83. The van der Waals surface area contributed by atoms with Gasteiger partial charge in [-0.3, -0.25) is 4.99 Å². The summed E-state index contributed by atoms with van der Waals surface area (Å²) in [4.78, 5) is 8.46. The van der Waals surface area contributed by atoms with Crippen LogP contribution < -0.4 is 10.6 Å². The van der Waals surface area contributed by atoms with Crippen molar-refractivity contribution in [3.8, 4) is 0 Å². The fourth-order valence-electron chi connectivity index (χ4n) is 2.20. The molecule has 0 aliphatic rings. The Morgan fingerprint density at radius 2 is 1.89 bits per heavy atom. The summed E-state index contributed by atoms with van der Waals surface area (Å²) in [6.07, 6.45) is -4.62. The predicted molar refractivity (Wildman–Crippen MR) is 110 cm³/mol. The molecule has 10 heteroatoms. The number of guanidine groups is 1. The third-order valence-corrected chi connectivity index (χ3v) is 4.48. The molecule has 0 amide bonds. The number of rotatable bonds is 5. The zero-order valence-electron chi connectivity index (χ0n) is 15.0. The van der Waals surface area contributed by atoms with Crippen molar-refractivity contribution in [3.63, 3.8) is 0 Å². The van der Waals surface area contributed by atoms with Crippen molar-refractivity contribution in [1.82, 2.24) is 15.6 Å². The molecule has 1 aromatic heterocycles. The lowest BCUT2D eigenvalue weighted by Gasteiger charge is -2.15. The molecule has 1 aromatic carbocycles. The number of hydrogen-bond acceptors (Lipinski definition) is 3. The number of aliphatic imine (C=N–C) groups is 1. The van der Waals surface area contributed by atoms with Crippen LogP contribution in [-0.4, -0.2) is 18.0 Å². The largest absolute Gasteiger partial charge is 0.416 e. The molecule has 27 heavy (non-hydrogen) atoms. The standard InChI is InChI=1S/C17H20F4N4S.HI/c1-10(2)14-9-26-15(25-14)8-24-16(22-3)23-7-11-4-5-12(18)6-13(11)17(19,20)21;/h4-6,9-10H,7-8H2,1-3H3,(H2,22,23,24);1H. The quantitative estimate of drug-likeness (QED) is 0.257. The Morgan fingerprint density at radius 3 is 2.44 bits per heavy atom. The average Bonchev–Trinajstić information content (AvgIpc) is 3.04. The third-order valence-electron chi connectivity index (χ3n) is 3.62. The van der Waals surface area contributed by atoms with Gasteiger partial charge >= 0.3 is 6.18 Å². The molecule has 0 saturated heterocycles. The number of alkyl halides is 3. The zero-order chi connectivity index (χ0) is 19.3. The van der Waals surface area contributed by atoms with Gasteiger partial charge in [-0.2, -0.15) is 13.2 Å². The molecule has 150 valence electrons. The van der Waals surface area contributed by atoms with E-state index in [1.54, 1.807) is 0 Å². The minimum absolute atomic E-state index is 0. The van der Waals surface area contributed by atoms with Crippen LogP contribution in [-0.2, 0) is 19.3 Å². The molecule has 2 aromatic rings. The van der Waals surface area contributed by atoms with Gasteiger partial charge in [0.2, 0.25) is 0 Å². The fourth-order valence-corrected chi connectivity index (χ4v) is 3.09. The Hall–Kier alpha value is -1.43. The van der Waals surface area contributed by atoms with Crippen molar-refractivity contribution >= 4 is 41.3 Å². The van der Waals surface area contributed by atoms with Gasteiger partial charge in [-0.15, -0.1) is 35.3 Å². The lowest BCUT2D eigenvalue weighted by Crippen LogP contribution is -2.36. The van der Waals surface area contributed by atoms with Crippen LogP contribution in [0.15, 0.2) is 28.6 Å². The van der Waals surface area contributed by atoms with Crippen LogP contribution in [0.2, 0.25) is 0 Å². The number of hydrogen-bond donors (Lipinski definition) is 2. The smallest absolute Gasteiger partial charge is 0.352 e. The van der Waals surface area contributed by atoms with E-state index < -0.39 is 17.6 Å². The molecular weight excluding hydrogens is 495 g/mol. The number of halogens is 5. The lowest BCUT2D eigenvalue weighted by atomic mass is 10.1. The number of aromatic nitrogens is 1. The molecule has 4 nitrogen and oxygen atoms in total. The maximum absolute atomic E-state index is 13.1. The lowest BCUT2D eigenvalue weighted by molar-refractivity contribution is -0.138. The summed E-state index contributed by atoms with van der Waals surface area (Å²) in [5.41, 5.74) is -0.0592. The fraction of sp³-hybridized carbons (Fsp3) is 0.412. The first kappa shape index (κ1) is 23.6. The van der Waals surface area contributed by atoms with E-state index in [-0.39, 0.29) is 36.1 Å². The number of benzene rings is 1. The average molecular weight is 516 g/mol. The van der Waals surface area contributed by atoms with Crippen LogP contribution >= 0.6 is 35.3 Å². The highest BCUT2D eigenvalue weighted by Gasteiger charge is 2.33. The Labute approximate surface area is 176 Å². The Morgan fingerprint density at radius 1 is 1.22 bits per heavy atom. The van der Waals surface area contributed by atoms with Gasteiger partial charge in [0.25, 0.3) is 0 Å². The molecule has 0 atom stereocenters. The van der Waals surface area contributed by atoms with Crippen LogP contribution in [0, 0.1) is 5.82 Å². The summed E-state index contributed by atoms with van der Waals surface area (Å²) >= 11 is 1.51. The SMILES string of the molecule is CN=C(NCc1nc(C(C)C)cs1)NCc1ccc(F)cc1C(F)(F)F.I. The first-order valence-electron chi connectivity index (χ1n) is 7.95. The summed E-state index contributed by atoms with van der Waals surface area (Å²) in [7, 11) is 1.52. The molecule has 2 rings (SSSR count). The van der Waals surface area contributed by atoms with E-state index in [4.69, 9.17) is 0 Å². The summed E-state index contributed by atoms with van der Waals surface area (Å²) in [6.45, 7) is 4.37. The molecule has 0 aliphatic carbocycles. The molecule has 0 unspecified atom stereocenters. The number of thiazole rings is 1. The second kappa shape index (κ2) is 10.2. The van der Waals surface area contributed by atoms with Gasteiger partial charge in [0.05, 0.1) is 17.8 Å². The summed E-state index contributed by atoms with van der Waals surface area (Å²) in [6, 6.07) is 2.62. The molecule has 0 fully saturated rings. The van der Waals surface area contributed by atoms with Gasteiger partial charge in [0.1, 0.15) is 10.8 Å². The first-order chi connectivity index (χ1) is 12.2. The van der Waals surface area contributed by atoms with Crippen molar-refractivity contribution in [1.29, 1.82) is 0 Å². The van der Waals surface area contributed by atoms with Gasteiger partial charge in [-0.1, -0.05) is 19.9 Å². The van der Waals surface area contributed by atoms with Crippen molar-refractivity contribution in [3.05, 3.63) is 51.2 Å². The molecule has 0 radical (unpaired) electrons. The second-order valence-electron chi connectivity index (χ2n) is 5.90. The highest BCUT2D eigenvalue weighted by Crippen LogP contribution is 2.32. The minimum atomic E-state index is -4.62. The van der Waals surface area contributed by atoms with Gasteiger partial charge in [-0.25, -0.2) is 9.37 Å². The predicted octanol–water partition coefficient (Wildman–Crippen LogP) is 4.91. The topological polar surface area (TPSA) is 49.3 Å². The summed E-state index contributed by atoms with van der Waals surface area (Å²) in [5, 5.41) is 8.65. The van der Waals surface area contributed by atoms with E-state index in [2.05, 4.69) is 20.6 Å². The van der Waals surface area contributed by atoms with Gasteiger partial charge in [-0.05, 0) is 23.6 Å². The van der Waals surface area contributed by atoms with Crippen LogP contribution in [0.4, 0.5) is 17.6 Å². The highest BCUT2D eigenvalue weighted by atomic mass is 127. The van der Waals surface area contributed by atoms with Crippen LogP contribution in [0.1, 0.15) is 41.6 Å². The van der Waals surface area contributed by atoms with E-state index >= 15 is 0 Å². The molecular formula is C17H21F4IN4S. The van der Waals surface area contributed by atoms with E-state index in [1.165, 1.54) is 18.4 Å². The normalized spacial score (nSPS) is 12.1. The maximum atomic E-state index is 13.1. The van der Waals surface area contributed by atoms with Gasteiger partial charge < -0.3 is 10.6 Å². The molecule has 0 spiro atoms. The molecule has 0 bridgehead atoms. The third kappa shape index (κ3) is 6.91. The maximum Gasteiger partial charge on any atom is 0.416 e. The van der Waals surface area contributed by atoms with Crippen molar-refractivity contribution in [2.24, 2.45) is 4.99 Å². The van der Waals surface area contributed by atoms with Crippen LogP contribution in [0.25, 0.3) is 0 Å². The Bertz CT molecular complexity index is 775. The zero-order valence-corrected chi connectivity index (χ0v) is 18.2. The van der Waals surface area contributed by atoms with E-state index in [9.17, 15) is 17.6 Å².